The first kappa shape index (κ1) is 22.5. The zero-order valence-corrected chi connectivity index (χ0v) is 17.2. The van der Waals surface area contributed by atoms with Crippen molar-refractivity contribution in [1.82, 2.24) is 40.3 Å². The minimum atomic E-state index is -4.05. The maximum Gasteiger partial charge on any atom is 0.550 e. The number of pyridine rings is 2. The Morgan fingerprint density at radius 1 is 0.938 bits per heavy atom. The number of hydrogen-bond acceptors (Lipinski definition) is 13. The van der Waals surface area contributed by atoms with Crippen LogP contribution in [0.4, 0.5) is 0 Å². The number of hydrogen-bond donors (Lipinski definition) is 1. The fourth-order valence-electron chi connectivity index (χ4n) is 2.14. The van der Waals surface area contributed by atoms with Gasteiger partial charge < -0.3 is 5.21 Å². The summed E-state index contributed by atoms with van der Waals surface area (Å²) in [6, 6.07) is 10.4. The number of nitriles is 2. The molecule has 0 aliphatic heterocycles. The van der Waals surface area contributed by atoms with Gasteiger partial charge in [0, 0.05) is 12.4 Å². The van der Waals surface area contributed by atoms with Crippen molar-refractivity contribution in [2.45, 2.75) is 12.8 Å². The van der Waals surface area contributed by atoms with E-state index in [9.17, 15) is 4.57 Å². The topological polar surface area (TPSA) is 200 Å². The van der Waals surface area contributed by atoms with Crippen molar-refractivity contribution in [3.8, 4) is 12.1 Å². The van der Waals surface area contributed by atoms with Gasteiger partial charge in [-0.15, -0.1) is 10.2 Å². The molecular formula is C16H15N10O5P. The van der Waals surface area contributed by atoms with Crippen LogP contribution in [0.3, 0.4) is 0 Å². The molecule has 0 radical (unpaired) electrons. The van der Waals surface area contributed by atoms with Crippen molar-refractivity contribution >= 4 is 30.2 Å². The van der Waals surface area contributed by atoms with E-state index < -0.39 is 7.82 Å². The van der Waals surface area contributed by atoms with Crippen LogP contribution in [0.5, 0.6) is 0 Å². The van der Waals surface area contributed by atoms with Crippen molar-refractivity contribution < 1.29 is 23.4 Å². The predicted molar refractivity (Wildman–Crippen MR) is 104 cm³/mol. The molecule has 1 N–H and O–H groups in total. The molecule has 16 heteroatoms. The molecule has 0 saturated heterocycles. The summed E-state index contributed by atoms with van der Waals surface area (Å²) in [6.45, 7) is -0.305. The van der Waals surface area contributed by atoms with Gasteiger partial charge in [0.1, 0.15) is 11.0 Å². The Morgan fingerprint density at radius 2 is 1.50 bits per heavy atom. The number of aromatic nitrogens is 8. The van der Waals surface area contributed by atoms with Gasteiger partial charge in [0.15, 0.2) is 0 Å². The second kappa shape index (κ2) is 10.7. The van der Waals surface area contributed by atoms with Crippen LogP contribution >= 0.6 is 7.82 Å². The lowest BCUT2D eigenvalue weighted by atomic mass is 10.4. The third-order valence-electron chi connectivity index (χ3n) is 3.48. The zero-order valence-electron chi connectivity index (χ0n) is 16.3. The fraction of sp³-hybridized carbons (Fsp3) is 0.250. The second-order valence-corrected chi connectivity index (χ2v) is 7.22. The quantitative estimate of drug-likeness (QED) is 0.225. The Labute approximate surface area is 179 Å². The number of phosphoric ester groups is 1. The van der Waals surface area contributed by atoms with Crippen molar-refractivity contribution in [1.29, 1.82) is 10.5 Å². The van der Waals surface area contributed by atoms with Crippen LogP contribution in [-0.4, -0.2) is 58.7 Å². The molecule has 0 bridgehead atoms. The summed E-state index contributed by atoms with van der Waals surface area (Å²) in [7, 11) is -4.05. The van der Waals surface area contributed by atoms with Crippen LogP contribution in [0.1, 0.15) is 12.8 Å². The molecule has 0 spiro atoms. The van der Waals surface area contributed by atoms with Crippen molar-refractivity contribution in [3.63, 3.8) is 0 Å². The monoisotopic (exact) mass is 458 g/mol. The van der Waals surface area contributed by atoms with Crippen LogP contribution in [0, 0.1) is 22.7 Å². The third-order valence-corrected chi connectivity index (χ3v) is 4.83. The van der Waals surface area contributed by atoms with Gasteiger partial charge in [-0.3, -0.25) is 13.7 Å². The van der Waals surface area contributed by atoms with E-state index in [0.717, 1.165) is 4.85 Å². The molecule has 15 nitrogen and oxygen atoms in total. The normalized spacial score (nSPS) is 10.8. The largest absolute Gasteiger partial charge is 0.550 e. The first-order valence-corrected chi connectivity index (χ1v) is 10.4. The van der Waals surface area contributed by atoms with Crippen molar-refractivity contribution in [3.05, 3.63) is 36.7 Å². The highest BCUT2D eigenvalue weighted by atomic mass is 31.2. The lowest BCUT2D eigenvalue weighted by Crippen LogP contribution is -2.15. The van der Waals surface area contributed by atoms with Crippen LogP contribution in [-0.2, 0) is 13.6 Å². The molecule has 4 aromatic rings. The standard InChI is InChI=1S/C11H11N6O4P.C5H4N4O/c12-5-2-8-19-22(18,20-9-3-6-13)21-17-11-10(15-16-17)4-1-7-14-11;10-9-5-4(7-8-9)2-1-3-6-5/h1,4,7H,2-3,8-9H2;1-3,10H. The summed E-state index contributed by atoms with van der Waals surface area (Å²) >= 11 is 0. The molecule has 0 aliphatic carbocycles. The Hall–Kier alpha value is -4.17. The van der Waals surface area contributed by atoms with Crippen molar-refractivity contribution in [2.24, 2.45) is 0 Å². The number of rotatable bonds is 8. The van der Waals surface area contributed by atoms with Gasteiger partial charge in [-0.05, 0) is 39.5 Å². The smallest absolute Gasteiger partial charge is 0.409 e. The lowest BCUT2D eigenvalue weighted by Gasteiger charge is -2.16. The van der Waals surface area contributed by atoms with Crippen molar-refractivity contribution in [2.75, 3.05) is 13.2 Å². The summed E-state index contributed by atoms with van der Waals surface area (Å²) < 4.78 is 27.6. The average molecular weight is 458 g/mol. The van der Waals surface area contributed by atoms with E-state index in [4.69, 9.17) is 29.4 Å². The van der Waals surface area contributed by atoms with E-state index in [1.165, 1.54) is 6.20 Å². The Morgan fingerprint density at radius 3 is 2.09 bits per heavy atom. The summed E-state index contributed by atoms with van der Waals surface area (Å²) in [5.74, 6) is 0. The Kier molecular flexibility index (Phi) is 7.55. The molecule has 0 amide bonds. The Bertz CT molecular complexity index is 1290. The predicted octanol–water partition coefficient (Wildman–Crippen LogP) is 1.29. The van der Waals surface area contributed by atoms with E-state index in [2.05, 4.69) is 30.6 Å². The molecule has 4 rings (SSSR count). The molecular weight excluding hydrogens is 443 g/mol. The molecule has 0 aliphatic rings. The molecule has 0 atom stereocenters. The minimum Gasteiger partial charge on any atom is -0.409 e. The first-order valence-electron chi connectivity index (χ1n) is 8.91. The lowest BCUT2D eigenvalue weighted by molar-refractivity contribution is 0.0962. The summed E-state index contributed by atoms with van der Waals surface area (Å²) in [6.07, 6.45) is 3.07. The molecule has 4 aromatic heterocycles. The van der Waals surface area contributed by atoms with Gasteiger partial charge >= 0.3 is 7.82 Å². The van der Waals surface area contributed by atoms with E-state index in [1.54, 1.807) is 30.5 Å². The third kappa shape index (κ3) is 5.71. The first-order chi connectivity index (χ1) is 15.6. The zero-order chi connectivity index (χ0) is 22.8. The SMILES string of the molecule is N#CCCOP(=O)(OCCC#N)On1nnc2cccnc21.On1nnc2cccnc21. The van der Waals surface area contributed by atoms with Crippen LogP contribution in [0.25, 0.3) is 22.3 Å². The fourth-order valence-corrected chi connectivity index (χ4v) is 3.24. The van der Waals surface area contributed by atoms with Gasteiger partial charge in [0.05, 0.1) is 38.2 Å². The molecule has 0 unspecified atom stereocenters. The maximum absolute atomic E-state index is 12.5. The Balaban J connectivity index is 0.000000238. The van der Waals surface area contributed by atoms with Crippen LogP contribution < -0.4 is 4.62 Å². The van der Waals surface area contributed by atoms with Gasteiger partial charge in [-0.25, -0.2) is 14.5 Å². The molecule has 0 fully saturated rings. The molecule has 0 saturated carbocycles. The molecule has 164 valence electrons. The van der Waals surface area contributed by atoms with Crippen LogP contribution in [0.15, 0.2) is 36.7 Å². The minimum absolute atomic E-state index is 0.00527. The molecule has 32 heavy (non-hydrogen) atoms. The van der Waals surface area contributed by atoms with E-state index in [0.29, 0.717) is 21.5 Å². The van der Waals surface area contributed by atoms with Gasteiger partial charge in [-0.2, -0.15) is 10.5 Å². The average Bonchev–Trinajstić information content (AvgIpc) is 3.39. The number of nitrogens with zero attached hydrogens (tertiary/aromatic N) is 10. The summed E-state index contributed by atoms with van der Waals surface area (Å²) in [5, 5.41) is 40.3. The summed E-state index contributed by atoms with van der Waals surface area (Å²) in [5.41, 5.74) is 1.63. The van der Waals surface area contributed by atoms with Gasteiger partial charge in [-0.1, -0.05) is 4.85 Å². The number of fused-ring (bicyclic) bond motifs is 2. The van der Waals surface area contributed by atoms with Gasteiger partial charge in [0.2, 0.25) is 11.3 Å². The highest BCUT2D eigenvalue weighted by molar-refractivity contribution is 7.48. The maximum atomic E-state index is 12.5. The van der Waals surface area contributed by atoms with E-state index in [-0.39, 0.29) is 31.7 Å². The molecule has 4 heterocycles. The second-order valence-electron chi connectivity index (χ2n) is 5.65. The highest BCUT2D eigenvalue weighted by Gasteiger charge is 2.31. The number of phosphoric acid groups is 1. The summed E-state index contributed by atoms with van der Waals surface area (Å²) in [4.78, 5) is 9.30. The van der Waals surface area contributed by atoms with E-state index in [1.807, 2.05) is 12.1 Å². The highest BCUT2D eigenvalue weighted by Crippen LogP contribution is 2.46. The van der Waals surface area contributed by atoms with Gasteiger partial charge in [0.25, 0.3) is 0 Å². The molecule has 0 aromatic carbocycles. The van der Waals surface area contributed by atoms with Crippen LogP contribution in [0.2, 0.25) is 0 Å². The van der Waals surface area contributed by atoms with E-state index >= 15 is 0 Å².